The Kier molecular flexibility index (Phi) is 5.43. The molecule has 18 heavy (non-hydrogen) atoms. The van der Waals surface area contributed by atoms with E-state index in [0.29, 0.717) is 19.0 Å². The van der Waals surface area contributed by atoms with E-state index < -0.39 is 10.1 Å². The molecule has 0 unspecified atom stereocenters. The van der Waals surface area contributed by atoms with Crippen molar-refractivity contribution in [3.8, 4) is 11.5 Å². The molecule has 0 saturated carbocycles. The van der Waals surface area contributed by atoms with Crippen molar-refractivity contribution >= 4 is 10.1 Å². The molecule has 5 nitrogen and oxygen atoms in total. The standard InChI is InChI=1S/C12H18O5S/c1-3-7-16-10-5-6-11(17-8-4-2)12(9-10)18(13,14)15/h5-6,9H,3-4,7-8H2,1-2H3,(H,13,14,15). The first-order valence-corrected chi connectivity index (χ1v) is 7.30. The van der Waals surface area contributed by atoms with E-state index in [-0.39, 0.29) is 10.6 Å². The van der Waals surface area contributed by atoms with Crippen molar-refractivity contribution in [2.24, 2.45) is 0 Å². The summed E-state index contributed by atoms with van der Waals surface area (Å²) in [5.41, 5.74) is 0. The second kappa shape index (κ2) is 6.61. The van der Waals surface area contributed by atoms with Gasteiger partial charge in [0.25, 0.3) is 10.1 Å². The fourth-order valence-corrected chi connectivity index (χ4v) is 1.98. The van der Waals surface area contributed by atoms with Gasteiger partial charge in [0.1, 0.15) is 16.4 Å². The number of ether oxygens (including phenoxy) is 2. The topological polar surface area (TPSA) is 72.8 Å². The molecule has 0 amide bonds. The first kappa shape index (κ1) is 14.8. The third kappa shape index (κ3) is 4.19. The molecule has 0 atom stereocenters. The van der Waals surface area contributed by atoms with Crippen LogP contribution in [0.25, 0.3) is 0 Å². The van der Waals surface area contributed by atoms with E-state index in [1.54, 1.807) is 6.07 Å². The van der Waals surface area contributed by atoms with Gasteiger partial charge in [-0.05, 0) is 25.0 Å². The molecule has 1 rings (SSSR count). The Morgan fingerprint density at radius 1 is 1.11 bits per heavy atom. The second-order valence-electron chi connectivity index (χ2n) is 3.78. The summed E-state index contributed by atoms with van der Waals surface area (Å²) in [5.74, 6) is 0.538. The van der Waals surface area contributed by atoms with Crippen molar-refractivity contribution in [2.75, 3.05) is 13.2 Å². The average molecular weight is 274 g/mol. The summed E-state index contributed by atoms with van der Waals surface area (Å²) in [6, 6.07) is 4.38. The third-order valence-electron chi connectivity index (χ3n) is 2.13. The lowest BCUT2D eigenvalue weighted by Crippen LogP contribution is -2.05. The lowest BCUT2D eigenvalue weighted by Gasteiger charge is -2.11. The summed E-state index contributed by atoms with van der Waals surface area (Å²) in [5, 5.41) is 0. The molecule has 0 aromatic heterocycles. The summed E-state index contributed by atoms with van der Waals surface area (Å²) in [7, 11) is -4.32. The molecule has 0 fully saturated rings. The van der Waals surface area contributed by atoms with Crippen LogP contribution in [-0.2, 0) is 10.1 Å². The Morgan fingerprint density at radius 3 is 2.28 bits per heavy atom. The van der Waals surface area contributed by atoms with Crippen LogP contribution < -0.4 is 9.47 Å². The van der Waals surface area contributed by atoms with Crippen molar-refractivity contribution < 1.29 is 22.4 Å². The Bertz CT molecular complexity index is 481. The van der Waals surface area contributed by atoms with Gasteiger partial charge in [0.2, 0.25) is 0 Å². The normalized spacial score (nSPS) is 11.3. The van der Waals surface area contributed by atoms with E-state index >= 15 is 0 Å². The number of hydrogen-bond acceptors (Lipinski definition) is 4. The molecule has 0 radical (unpaired) electrons. The van der Waals surface area contributed by atoms with Crippen molar-refractivity contribution in [1.82, 2.24) is 0 Å². The molecule has 0 aliphatic heterocycles. The van der Waals surface area contributed by atoms with Crippen molar-refractivity contribution in [3.63, 3.8) is 0 Å². The molecule has 6 heteroatoms. The van der Waals surface area contributed by atoms with Gasteiger partial charge in [0, 0.05) is 6.07 Å². The average Bonchev–Trinajstić information content (AvgIpc) is 2.33. The monoisotopic (exact) mass is 274 g/mol. The van der Waals surface area contributed by atoms with E-state index in [4.69, 9.17) is 14.0 Å². The minimum absolute atomic E-state index is 0.142. The highest BCUT2D eigenvalue weighted by Crippen LogP contribution is 2.28. The van der Waals surface area contributed by atoms with Gasteiger partial charge in [-0.3, -0.25) is 4.55 Å². The highest BCUT2D eigenvalue weighted by molar-refractivity contribution is 7.86. The summed E-state index contributed by atoms with van der Waals surface area (Å²) >= 11 is 0. The van der Waals surface area contributed by atoms with Gasteiger partial charge in [-0.25, -0.2) is 0 Å². The van der Waals surface area contributed by atoms with Crippen LogP contribution in [0, 0.1) is 0 Å². The van der Waals surface area contributed by atoms with Crippen molar-refractivity contribution in [3.05, 3.63) is 18.2 Å². The molecule has 0 aliphatic carbocycles. The van der Waals surface area contributed by atoms with Crippen LogP contribution in [0.2, 0.25) is 0 Å². The van der Waals surface area contributed by atoms with Gasteiger partial charge in [-0.1, -0.05) is 13.8 Å². The predicted molar refractivity (Wildman–Crippen MR) is 67.8 cm³/mol. The smallest absolute Gasteiger partial charge is 0.298 e. The number of rotatable bonds is 7. The SMILES string of the molecule is CCCOc1ccc(OCCC)c(S(=O)(=O)O)c1. The Balaban J connectivity index is 3.05. The third-order valence-corrected chi connectivity index (χ3v) is 3.00. The maximum atomic E-state index is 11.3. The minimum atomic E-state index is -4.32. The zero-order valence-corrected chi connectivity index (χ0v) is 11.4. The highest BCUT2D eigenvalue weighted by Gasteiger charge is 2.18. The molecule has 0 aliphatic rings. The molecule has 0 spiro atoms. The minimum Gasteiger partial charge on any atom is -0.494 e. The molecular formula is C12H18O5S. The largest absolute Gasteiger partial charge is 0.494 e. The van der Waals surface area contributed by atoms with E-state index in [2.05, 4.69) is 0 Å². The first-order valence-electron chi connectivity index (χ1n) is 5.86. The van der Waals surface area contributed by atoms with Gasteiger partial charge < -0.3 is 9.47 Å². The highest BCUT2D eigenvalue weighted by atomic mass is 32.2. The van der Waals surface area contributed by atoms with Gasteiger partial charge in [0.05, 0.1) is 13.2 Å². The van der Waals surface area contributed by atoms with Gasteiger partial charge in [0.15, 0.2) is 0 Å². The van der Waals surface area contributed by atoms with Crippen LogP contribution in [0.3, 0.4) is 0 Å². The zero-order chi connectivity index (χ0) is 13.6. The molecule has 1 N–H and O–H groups in total. The van der Waals surface area contributed by atoms with Crippen LogP contribution in [0.15, 0.2) is 23.1 Å². The van der Waals surface area contributed by atoms with Crippen molar-refractivity contribution in [2.45, 2.75) is 31.6 Å². The lowest BCUT2D eigenvalue weighted by atomic mass is 10.3. The van der Waals surface area contributed by atoms with E-state index in [1.807, 2.05) is 13.8 Å². The lowest BCUT2D eigenvalue weighted by molar-refractivity contribution is 0.300. The molecule has 0 saturated heterocycles. The van der Waals surface area contributed by atoms with Crippen LogP contribution in [0.5, 0.6) is 11.5 Å². The van der Waals surface area contributed by atoms with Gasteiger partial charge >= 0.3 is 0 Å². The maximum absolute atomic E-state index is 11.3. The molecule has 102 valence electrons. The molecule has 0 heterocycles. The fraction of sp³-hybridized carbons (Fsp3) is 0.500. The second-order valence-corrected chi connectivity index (χ2v) is 5.17. The van der Waals surface area contributed by atoms with Crippen LogP contribution in [0.4, 0.5) is 0 Å². The Hall–Kier alpha value is -1.27. The van der Waals surface area contributed by atoms with Crippen LogP contribution in [-0.4, -0.2) is 26.2 Å². The van der Waals surface area contributed by atoms with Gasteiger partial charge in [-0.2, -0.15) is 8.42 Å². The summed E-state index contributed by atoms with van der Waals surface area (Å²) in [4.78, 5) is -0.260. The predicted octanol–water partition coefficient (Wildman–Crippen LogP) is 2.51. The quantitative estimate of drug-likeness (QED) is 0.773. The fourth-order valence-electron chi connectivity index (χ4n) is 1.33. The molecule has 1 aromatic carbocycles. The Morgan fingerprint density at radius 2 is 1.72 bits per heavy atom. The summed E-state index contributed by atoms with van der Waals surface area (Å²) < 4.78 is 42.3. The first-order chi connectivity index (χ1) is 8.49. The van der Waals surface area contributed by atoms with E-state index in [0.717, 1.165) is 12.8 Å². The molecular weight excluding hydrogens is 256 g/mol. The van der Waals surface area contributed by atoms with Crippen LogP contribution >= 0.6 is 0 Å². The van der Waals surface area contributed by atoms with E-state index in [1.165, 1.54) is 12.1 Å². The Labute approximate surface area is 107 Å². The summed E-state index contributed by atoms with van der Waals surface area (Å²) in [6.45, 7) is 4.73. The number of benzene rings is 1. The number of hydrogen-bond donors (Lipinski definition) is 1. The maximum Gasteiger partial charge on any atom is 0.298 e. The van der Waals surface area contributed by atoms with E-state index in [9.17, 15) is 8.42 Å². The summed E-state index contributed by atoms with van der Waals surface area (Å²) in [6.07, 6.45) is 1.56. The van der Waals surface area contributed by atoms with Crippen LogP contribution in [0.1, 0.15) is 26.7 Å². The zero-order valence-electron chi connectivity index (χ0n) is 10.5. The van der Waals surface area contributed by atoms with Gasteiger partial charge in [-0.15, -0.1) is 0 Å². The molecule has 1 aromatic rings. The van der Waals surface area contributed by atoms with Crippen molar-refractivity contribution in [1.29, 1.82) is 0 Å². The molecule has 0 bridgehead atoms.